The summed E-state index contributed by atoms with van der Waals surface area (Å²) >= 11 is 0. The molecule has 0 bridgehead atoms. The lowest BCUT2D eigenvalue weighted by molar-refractivity contribution is -0.384. The summed E-state index contributed by atoms with van der Waals surface area (Å²) in [6.07, 6.45) is 3.38. The molecule has 0 saturated heterocycles. The number of hydrogen-bond donors (Lipinski definition) is 1. The highest BCUT2D eigenvalue weighted by atomic mass is 16.6. The number of hydrogen-bond acceptors (Lipinski definition) is 7. The number of aromatic nitrogens is 5. The molecule has 1 N–H and O–H groups in total. The number of nitrogens with zero attached hydrogens (tertiary/aromatic N) is 6. The van der Waals surface area contributed by atoms with Crippen molar-refractivity contribution in [2.75, 3.05) is 5.32 Å². The first-order valence-corrected chi connectivity index (χ1v) is 9.87. The molecule has 5 aromatic rings. The number of carbonyl (C=O) groups excluding carboxylic acids is 1. The summed E-state index contributed by atoms with van der Waals surface area (Å²) in [5.74, 6) is 0.200. The highest BCUT2D eigenvalue weighted by Gasteiger charge is 2.13. The van der Waals surface area contributed by atoms with Crippen molar-refractivity contribution < 1.29 is 9.72 Å². The van der Waals surface area contributed by atoms with Gasteiger partial charge in [-0.05, 0) is 48.5 Å². The van der Waals surface area contributed by atoms with Gasteiger partial charge >= 0.3 is 0 Å². The maximum absolute atomic E-state index is 12.6. The Morgan fingerprint density at radius 3 is 2.52 bits per heavy atom. The SMILES string of the molecule is O=C(Nc1cccc(-c2ccc3nnc(-c4cccnc4)n3n2)c1)c1ccc([N+](=O)[O-])cc1. The topological polar surface area (TPSA) is 128 Å². The Labute approximate surface area is 186 Å². The van der Waals surface area contributed by atoms with E-state index >= 15 is 0 Å². The third kappa shape index (κ3) is 4.00. The molecule has 0 atom stereocenters. The molecule has 2 aromatic carbocycles. The van der Waals surface area contributed by atoms with E-state index in [0.717, 1.165) is 11.1 Å². The fourth-order valence-electron chi connectivity index (χ4n) is 3.31. The summed E-state index contributed by atoms with van der Waals surface area (Å²) in [5, 5.41) is 26.7. The largest absolute Gasteiger partial charge is 0.322 e. The average molecular weight is 437 g/mol. The molecule has 160 valence electrons. The van der Waals surface area contributed by atoms with Crippen molar-refractivity contribution in [3.05, 3.63) is 101 Å². The van der Waals surface area contributed by atoms with Crippen molar-refractivity contribution in [2.45, 2.75) is 0 Å². The quantitative estimate of drug-likeness (QED) is 0.325. The van der Waals surface area contributed by atoms with E-state index in [1.54, 1.807) is 35.1 Å². The smallest absolute Gasteiger partial charge is 0.269 e. The maximum atomic E-state index is 12.6. The molecule has 33 heavy (non-hydrogen) atoms. The van der Waals surface area contributed by atoms with Crippen LogP contribution >= 0.6 is 0 Å². The van der Waals surface area contributed by atoms with Crippen molar-refractivity contribution in [3.8, 4) is 22.6 Å². The molecule has 10 heteroatoms. The number of carbonyl (C=O) groups is 1. The zero-order valence-corrected chi connectivity index (χ0v) is 17.0. The van der Waals surface area contributed by atoms with Gasteiger partial charge in [0.25, 0.3) is 11.6 Å². The molecule has 3 heterocycles. The van der Waals surface area contributed by atoms with Crippen LogP contribution in [0.25, 0.3) is 28.3 Å². The van der Waals surface area contributed by atoms with Crippen molar-refractivity contribution >= 4 is 22.9 Å². The van der Waals surface area contributed by atoms with Gasteiger partial charge in [-0.2, -0.15) is 9.61 Å². The third-order valence-electron chi connectivity index (χ3n) is 4.94. The van der Waals surface area contributed by atoms with Crippen molar-refractivity contribution in [1.82, 2.24) is 24.8 Å². The summed E-state index contributed by atoms with van der Waals surface area (Å²) < 4.78 is 1.65. The van der Waals surface area contributed by atoms with Crippen LogP contribution in [-0.4, -0.2) is 35.6 Å². The molecule has 0 aliphatic carbocycles. The van der Waals surface area contributed by atoms with Crippen molar-refractivity contribution in [2.24, 2.45) is 0 Å². The molecule has 5 rings (SSSR count). The zero-order valence-electron chi connectivity index (χ0n) is 17.0. The third-order valence-corrected chi connectivity index (χ3v) is 4.94. The van der Waals surface area contributed by atoms with Gasteiger partial charge in [-0.3, -0.25) is 19.9 Å². The Kier molecular flexibility index (Phi) is 5.00. The van der Waals surface area contributed by atoms with Crippen LogP contribution in [0.5, 0.6) is 0 Å². The van der Waals surface area contributed by atoms with Crippen LogP contribution in [-0.2, 0) is 0 Å². The number of amides is 1. The first-order valence-electron chi connectivity index (χ1n) is 9.87. The summed E-state index contributed by atoms with van der Waals surface area (Å²) in [6, 6.07) is 20.0. The van der Waals surface area contributed by atoms with Crippen molar-refractivity contribution in [3.63, 3.8) is 0 Å². The molecule has 0 radical (unpaired) electrons. The summed E-state index contributed by atoms with van der Waals surface area (Å²) in [4.78, 5) is 27.0. The molecule has 1 amide bonds. The molecular formula is C23H15N7O3. The van der Waals surface area contributed by atoms with Gasteiger partial charge in [0.1, 0.15) is 0 Å². The number of pyridine rings is 1. The molecule has 0 unspecified atom stereocenters. The Balaban J connectivity index is 1.43. The second kappa shape index (κ2) is 8.27. The minimum Gasteiger partial charge on any atom is -0.322 e. The average Bonchev–Trinajstić information content (AvgIpc) is 3.28. The van der Waals surface area contributed by atoms with Gasteiger partial charge in [0.15, 0.2) is 11.5 Å². The Hall–Kier alpha value is -4.99. The highest BCUT2D eigenvalue weighted by Crippen LogP contribution is 2.24. The molecule has 0 spiro atoms. The number of fused-ring (bicyclic) bond motifs is 1. The van der Waals surface area contributed by atoms with Crippen LogP contribution in [0.15, 0.2) is 85.2 Å². The minimum absolute atomic E-state index is 0.0744. The predicted octanol–water partition coefficient (Wildman–Crippen LogP) is 4.01. The first kappa shape index (κ1) is 19.9. The predicted molar refractivity (Wildman–Crippen MR) is 120 cm³/mol. The van der Waals surface area contributed by atoms with E-state index in [2.05, 4.69) is 25.6 Å². The number of nitro benzene ring substituents is 1. The monoisotopic (exact) mass is 437 g/mol. The fourth-order valence-corrected chi connectivity index (χ4v) is 3.31. The fraction of sp³-hybridized carbons (Fsp3) is 0. The Bertz CT molecular complexity index is 1480. The number of rotatable bonds is 5. The lowest BCUT2D eigenvalue weighted by Crippen LogP contribution is -2.11. The second-order valence-electron chi connectivity index (χ2n) is 7.09. The number of anilines is 1. The summed E-state index contributed by atoms with van der Waals surface area (Å²) in [5.41, 5.74) is 3.64. The number of nitrogens with one attached hydrogen (secondary N) is 1. The van der Waals surface area contributed by atoms with Crippen LogP contribution in [0.2, 0.25) is 0 Å². The van der Waals surface area contributed by atoms with E-state index in [4.69, 9.17) is 0 Å². The first-order chi connectivity index (χ1) is 16.1. The standard InChI is InChI=1S/C23H15N7O3/c31-23(15-6-8-19(9-7-15)30(32)33)25-18-5-1-3-16(13-18)20-10-11-21-26-27-22(29(21)28-20)17-4-2-12-24-14-17/h1-14H,(H,25,31). The summed E-state index contributed by atoms with van der Waals surface area (Å²) in [6.45, 7) is 0. The lowest BCUT2D eigenvalue weighted by atomic mass is 10.1. The van der Waals surface area contributed by atoms with Crippen LogP contribution in [0, 0.1) is 10.1 Å². The maximum Gasteiger partial charge on any atom is 0.269 e. The van der Waals surface area contributed by atoms with E-state index < -0.39 is 4.92 Å². The summed E-state index contributed by atoms with van der Waals surface area (Å²) in [7, 11) is 0. The minimum atomic E-state index is -0.509. The number of nitro groups is 1. The van der Waals surface area contributed by atoms with E-state index in [0.29, 0.717) is 28.4 Å². The van der Waals surface area contributed by atoms with E-state index in [1.165, 1.54) is 24.3 Å². The van der Waals surface area contributed by atoms with Crippen LogP contribution in [0.1, 0.15) is 10.4 Å². The lowest BCUT2D eigenvalue weighted by Gasteiger charge is -2.08. The van der Waals surface area contributed by atoms with Gasteiger partial charge in [-0.1, -0.05) is 12.1 Å². The van der Waals surface area contributed by atoms with Gasteiger partial charge < -0.3 is 5.32 Å². The van der Waals surface area contributed by atoms with Crippen LogP contribution in [0.3, 0.4) is 0 Å². The highest BCUT2D eigenvalue weighted by molar-refractivity contribution is 6.04. The molecule has 10 nitrogen and oxygen atoms in total. The zero-order chi connectivity index (χ0) is 22.8. The van der Waals surface area contributed by atoms with Gasteiger partial charge in [-0.25, -0.2) is 0 Å². The Morgan fingerprint density at radius 1 is 0.939 bits per heavy atom. The normalized spacial score (nSPS) is 10.8. The van der Waals surface area contributed by atoms with Gasteiger partial charge in [0.2, 0.25) is 0 Å². The molecule has 0 aliphatic heterocycles. The van der Waals surface area contributed by atoms with Crippen LogP contribution < -0.4 is 5.32 Å². The molecule has 3 aromatic heterocycles. The number of benzene rings is 2. The van der Waals surface area contributed by atoms with Gasteiger partial charge in [-0.15, -0.1) is 10.2 Å². The van der Waals surface area contributed by atoms with Crippen LogP contribution in [0.4, 0.5) is 11.4 Å². The van der Waals surface area contributed by atoms with E-state index in [1.807, 2.05) is 30.3 Å². The molecule has 0 aliphatic rings. The Morgan fingerprint density at radius 2 is 1.76 bits per heavy atom. The second-order valence-corrected chi connectivity index (χ2v) is 7.09. The van der Waals surface area contributed by atoms with Crippen molar-refractivity contribution in [1.29, 1.82) is 0 Å². The van der Waals surface area contributed by atoms with E-state index in [-0.39, 0.29) is 11.6 Å². The number of non-ortho nitro benzene ring substituents is 1. The van der Waals surface area contributed by atoms with E-state index in [9.17, 15) is 14.9 Å². The van der Waals surface area contributed by atoms with Gasteiger partial charge in [0.05, 0.1) is 10.6 Å². The van der Waals surface area contributed by atoms with Gasteiger partial charge in [0, 0.05) is 46.9 Å². The molecule has 0 fully saturated rings. The molecular weight excluding hydrogens is 422 g/mol. The molecule has 0 saturated carbocycles.